The minimum absolute atomic E-state index is 0.0828. The average Bonchev–Trinajstić information content (AvgIpc) is 3.32. The van der Waals surface area contributed by atoms with E-state index in [0.29, 0.717) is 17.1 Å². The van der Waals surface area contributed by atoms with Gasteiger partial charge in [-0.1, -0.05) is 18.2 Å². The van der Waals surface area contributed by atoms with E-state index in [1.165, 1.54) is 30.2 Å². The van der Waals surface area contributed by atoms with Crippen LogP contribution in [0.3, 0.4) is 0 Å². The van der Waals surface area contributed by atoms with Crippen LogP contribution in [0.15, 0.2) is 71.3 Å². The smallest absolute Gasteiger partial charge is 0.291 e. The zero-order valence-electron chi connectivity index (χ0n) is 14.1. The number of anilines is 2. The molecule has 5 nitrogen and oxygen atoms in total. The first-order valence-electron chi connectivity index (χ1n) is 8.26. The minimum atomic E-state index is -0.393. The number of thioether (sulfide) groups is 1. The summed E-state index contributed by atoms with van der Waals surface area (Å²) in [4.78, 5) is 26.1. The predicted octanol–water partition coefficient (Wildman–Crippen LogP) is 4.45. The maximum absolute atomic E-state index is 13.6. The molecule has 1 aromatic heterocycles. The summed E-state index contributed by atoms with van der Waals surface area (Å²) in [6.45, 7) is 0. The third kappa shape index (κ3) is 3.59. The van der Waals surface area contributed by atoms with Crippen LogP contribution in [0.1, 0.15) is 21.5 Å². The molecule has 7 heteroatoms. The Hall–Kier alpha value is -3.06. The summed E-state index contributed by atoms with van der Waals surface area (Å²) in [6.07, 6.45) is 1.43. The van der Waals surface area contributed by atoms with Crippen LogP contribution in [-0.2, 0) is 4.79 Å². The number of halogens is 1. The Labute approximate surface area is 159 Å². The lowest BCUT2D eigenvalue weighted by molar-refractivity contribution is -0.115. The second-order valence-corrected chi connectivity index (χ2v) is 7.03. The van der Waals surface area contributed by atoms with Crippen LogP contribution in [-0.4, -0.2) is 17.6 Å². The van der Waals surface area contributed by atoms with Crippen molar-refractivity contribution in [3.8, 4) is 0 Å². The molecule has 0 bridgehead atoms. The lowest BCUT2D eigenvalue weighted by Gasteiger charge is -2.24. The van der Waals surface area contributed by atoms with Crippen molar-refractivity contribution in [1.82, 2.24) is 0 Å². The van der Waals surface area contributed by atoms with E-state index in [4.69, 9.17) is 4.42 Å². The van der Waals surface area contributed by atoms with E-state index < -0.39 is 5.82 Å². The topological polar surface area (TPSA) is 62.6 Å². The zero-order valence-corrected chi connectivity index (χ0v) is 14.9. The lowest BCUT2D eigenvalue weighted by atomic mass is 10.1. The maximum atomic E-state index is 13.6. The number of furan rings is 1. The molecule has 1 aliphatic heterocycles. The summed E-state index contributed by atoms with van der Waals surface area (Å²) >= 11 is 1.46. The molecule has 3 aromatic rings. The van der Waals surface area contributed by atoms with Gasteiger partial charge in [0, 0.05) is 11.4 Å². The largest absolute Gasteiger partial charge is 0.459 e. The van der Waals surface area contributed by atoms with Gasteiger partial charge in [-0.2, -0.15) is 0 Å². The lowest BCUT2D eigenvalue weighted by Crippen LogP contribution is -2.27. The van der Waals surface area contributed by atoms with Gasteiger partial charge in [-0.05, 0) is 48.0 Å². The fourth-order valence-electron chi connectivity index (χ4n) is 2.95. The van der Waals surface area contributed by atoms with Crippen LogP contribution >= 0.6 is 11.8 Å². The standard InChI is InChI=1S/C20H15FN2O3S/c21-14-5-2-7-16(11-14)23-18(24)12-27-20(23)13-4-1-6-15(10-13)22-19(25)17-8-3-9-26-17/h1-11,20H,12H2,(H,22,25)/t20-/m1/s1. The Morgan fingerprint density at radius 2 is 2.00 bits per heavy atom. The van der Waals surface area contributed by atoms with Gasteiger partial charge in [-0.15, -0.1) is 11.8 Å². The molecule has 2 aromatic carbocycles. The van der Waals surface area contributed by atoms with Crippen molar-refractivity contribution in [2.24, 2.45) is 0 Å². The SMILES string of the molecule is O=C(Nc1cccc([C@H]2SCC(=O)N2c2cccc(F)c2)c1)c1ccco1. The Morgan fingerprint density at radius 3 is 2.78 bits per heavy atom. The first-order chi connectivity index (χ1) is 13.1. The summed E-state index contributed by atoms with van der Waals surface area (Å²) in [5.41, 5.74) is 1.94. The molecule has 1 aliphatic rings. The highest BCUT2D eigenvalue weighted by molar-refractivity contribution is 8.00. The summed E-state index contributed by atoms with van der Waals surface area (Å²) in [6, 6.07) is 16.5. The molecule has 2 heterocycles. The molecular formula is C20H15FN2O3S. The predicted molar refractivity (Wildman–Crippen MR) is 102 cm³/mol. The second-order valence-electron chi connectivity index (χ2n) is 5.96. The van der Waals surface area contributed by atoms with E-state index >= 15 is 0 Å². The zero-order chi connectivity index (χ0) is 18.8. The van der Waals surface area contributed by atoms with Gasteiger partial charge in [-0.25, -0.2) is 4.39 Å². The highest BCUT2D eigenvalue weighted by Crippen LogP contribution is 2.42. The van der Waals surface area contributed by atoms with Crippen LogP contribution in [0.5, 0.6) is 0 Å². The number of nitrogens with zero attached hydrogens (tertiary/aromatic N) is 1. The van der Waals surface area contributed by atoms with E-state index in [9.17, 15) is 14.0 Å². The van der Waals surface area contributed by atoms with Gasteiger partial charge in [0.15, 0.2) is 5.76 Å². The quantitative estimate of drug-likeness (QED) is 0.724. The highest BCUT2D eigenvalue weighted by atomic mass is 32.2. The van der Waals surface area contributed by atoms with E-state index in [1.54, 1.807) is 41.3 Å². The molecule has 0 radical (unpaired) electrons. The Bertz CT molecular complexity index is 990. The number of benzene rings is 2. The normalized spacial score (nSPS) is 16.6. The van der Waals surface area contributed by atoms with Crippen LogP contribution in [0.25, 0.3) is 0 Å². The van der Waals surface area contributed by atoms with Crippen molar-refractivity contribution >= 4 is 35.0 Å². The third-order valence-corrected chi connectivity index (χ3v) is 5.34. The Balaban J connectivity index is 1.60. The van der Waals surface area contributed by atoms with Crippen LogP contribution in [0.2, 0.25) is 0 Å². The number of hydrogen-bond donors (Lipinski definition) is 1. The van der Waals surface area contributed by atoms with E-state index in [0.717, 1.165) is 5.56 Å². The number of amides is 2. The second kappa shape index (κ2) is 7.28. The molecule has 2 amide bonds. The van der Waals surface area contributed by atoms with Crippen molar-refractivity contribution in [3.63, 3.8) is 0 Å². The van der Waals surface area contributed by atoms with Crippen LogP contribution in [0.4, 0.5) is 15.8 Å². The van der Waals surface area contributed by atoms with Crippen LogP contribution < -0.4 is 10.2 Å². The van der Waals surface area contributed by atoms with Crippen molar-refractivity contribution in [2.45, 2.75) is 5.37 Å². The molecular weight excluding hydrogens is 367 g/mol. The average molecular weight is 382 g/mol. The molecule has 0 spiro atoms. The molecule has 27 heavy (non-hydrogen) atoms. The molecule has 1 fully saturated rings. The summed E-state index contributed by atoms with van der Waals surface area (Å²) in [5.74, 6) is -0.304. The first kappa shape index (κ1) is 17.4. The molecule has 1 saturated heterocycles. The summed E-state index contributed by atoms with van der Waals surface area (Å²) in [7, 11) is 0. The number of rotatable bonds is 4. The fourth-order valence-corrected chi connectivity index (χ4v) is 4.11. The fraction of sp³-hybridized carbons (Fsp3) is 0.100. The third-order valence-electron chi connectivity index (χ3n) is 4.13. The van der Waals surface area contributed by atoms with Gasteiger partial charge < -0.3 is 9.73 Å². The van der Waals surface area contributed by atoms with Gasteiger partial charge in [0.2, 0.25) is 5.91 Å². The molecule has 0 unspecified atom stereocenters. The molecule has 0 saturated carbocycles. The van der Waals surface area contributed by atoms with Crippen LogP contribution in [0, 0.1) is 5.82 Å². The van der Waals surface area contributed by atoms with Gasteiger partial charge in [-0.3, -0.25) is 14.5 Å². The molecule has 1 N–H and O–H groups in total. The van der Waals surface area contributed by atoms with E-state index in [1.807, 2.05) is 12.1 Å². The van der Waals surface area contributed by atoms with E-state index in [-0.39, 0.29) is 22.9 Å². The number of nitrogens with one attached hydrogen (secondary N) is 1. The molecule has 4 rings (SSSR count). The number of carbonyl (C=O) groups excluding carboxylic acids is 2. The van der Waals surface area contributed by atoms with Crippen molar-refractivity contribution in [3.05, 3.63) is 84.1 Å². The number of carbonyl (C=O) groups is 2. The van der Waals surface area contributed by atoms with Gasteiger partial charge >= 0.3 is 0 Å². The van der Waals surface area contributed by atoms with Crippen molar-refractivity contribution in [2.75, 3.05) is 16.0 Å². The first-order valence-corrected chi connectivity index (χ1v) is 9.31. The highest BCUT2D eigenvalue weighted by Gasteiger charge is 2.34. The molecule has 136 valence electrons. The summed E-state index contributed by atoms with van der Waals surface area (Å²) in [5, 5.41) is 2.49. The minimum Gasteiger partial charge on any atom is -0.459 e. The molecule has 0 aliphatic carbocycles. The number of hydrogen-bond acceptors (Lipinski definition) is 4. The van der Waals surface area contributed by atoms with E-state index in [2.05, 4.69) is 5.32 Å². The van der Waals surface area contributed by atoms with Gasteiger partial charge in [0.05, 0.1) is 12.0 Å². The van der Waals surface area contributed by atoms with Gasteiger partial charge in [0.1, 0.15) is 11.2 Å². The van der Waals surface area contributed by atoms with Crippen molar-refractivity contribution < 1.29 is 18.4 Å². The Morgan fingerprint density at radius 1 is 1.15 bits per heavy atom. The summed E-state index contributed by atoms with van der Waals surface area (Å²) < 4.78 is 18.7. The van der Waals surface area contributed by atoms with Gasteiger partial charge in [0.25, 0.3) is 5.91 Å². The van der Waals surface area contributed by atoms with Crippen molar-refractivity contribution in [1.29, 1.82) is 0 Å². The maximum Gasteiger partial charge on any atom is 0.291 e. The Kier molecular flexibility index (Phi) is 4.68. The molecule has 1 atom stereocenters. The monoisotopic (exact) mass is 382 g/mol.